The molecule has 0 amide bonds. The Kier molecular flexibility index (Phi) is 5.01. The van der Waals surface area contributed by atoms with Crippen LogP contribution in [0, 0.1) is 0 Å². The van der Waals surface area contributed by atoms with Crippen molar-refractivity contribution in [3.63, 3.8) is 0 Å². The Morgan fingerprint density at radius 2 is 1.73 bits per heavy atom. The topological polar surface area (TPSA) is 72.8 Å². The molecule has 0 saturated heterocycles. The number of rotatable bonds is 5. The molecular formula is C16H13ClO5. The van der Waals surface area contributed by atoms with Gasteiger partial charge in [0.2, 0.25) is 0 Å². The lowest BCUT2D eigenvalue weighted by molar-refractivity contribution is -0.141. The lowest BCUT2D eigenvalue weighted by Gasteiger charge is -2.14. The van der Waals surface area contributed by atoms with E-state index in [1.807, 2.05) is 0 Å². The molecular weight excluding hydrogens is 308 g/mol. The van der Waals surface area contributed by atoms with Crippen LogP contribution in [0.1, 0.15) is 17.3 Å². The van der Waals surface area contributed by atoms with Crippen LogP contribution in [0.25, 0.3) is 0 Å². The van der Waals surface area contributed by atoms with E-state index >= 15 is 0 Å². The second-order valence-electron chi connectivity index (χ2n) is 4.44. The summed E-state index contributed by atoms with van der Waals surface area (Å²) >= 11 is 5.95. The van der Waals surface area contributed by atoms with E-state index in [-0.39, 0.29) is 11.3 Å². The van der Waals surface area contributed by atoms with E-state index in [9.17, 15) is 9.59 Å². The highest BCUT2D eigenvalue weighted by molar-refractivity contribution is 6.32. The average Bonchev–Trinajstić information content (AvgIpc) is 2.50. The van der Waals surface area contributed by atoms with Crippen LogP contribution < -0.4 is 9.47 Å². The summed E-state index contributed by atoms with van der Waals surface area (Å²) in [5, 5.41) is 9.19. The molecule has 1 atom stereocenters. The van der Waals surface area contributed by atoms with Gasteiger partial charge >= 0.3 is 11.9 Å². The van der Waals surface area contributed by atoms with Crippen molar-refractivity contribution in [2.45, 2.75) is 13.0 Å². The Labute approximate surface area is 132 Å². The van der Waals surface area contributed by atoms with E-state index in [2.05, 4.69) is 0 Å². The maximum absolute atomic E-state index is 11.9. The first-order chi connectivity index (χ1) is 10.5. The van der Waals surface area contributed by atoms with Crippen molar-refractivity contribution < 1.29 is 24.2 Å². The number of carboxylic acids is 1. The van der Waals surface area contributed by atoms with E-state index in [1.54, 1.807) is 24.3 Å². The van der Waals surface area contributed by atoms with Gasteiger partial charge in [-0.25, -0.2) is 9.59 Å². The third-order valence-corrected chi connectivity index (χ3v) is 3.10. The van der Waals surface area contributed by atoms with Crippen LogP contribution in [0.5, 0.6) is 11.5 Å². The Balaban J connectivity index is 1.99. The van der Waals surface area contributed by atoms with Gasteiger partial charge in [0, 0.05) is 0 Å². The first-order valence-corrected chi connectivity index (χ1v) is 6.81. The van der Waals surface area contributed by atoms with Crippen molar-refractivity contribution in [2.24, 2.45) is 0 Å². The molecule has 114 valence electrons. The quantitative estimate of drug-likeness (QED) is 0.675. The molecule has 0 radical (unpaired) electrons. The first kappa shape index (κ1) is 15.9. The van der Waals surface area contributed by atoms with Gasteiger partial charge in [0.25, 0.3) is 0 Å². The smallest absolute Gasteiger partial charge is 0.352 e. The monoisotopic (exact) mass is 320 g/mol. The van der Waals surface area contributed by atoms with Gasteiger partial charge in [0.15, 0.2) is 6.10 Å². The van der Waals surface area contributed by atoms with Crippen LogP contribution in [-0.4, -0.2) is 23.1 Å². The first-order valence-electron chi connectivity index (χ1n) is 6.43. The zero-order chi connectivity index (χ0) is 16.1. The fourth-order valence-electron chi connectivity index (χ4n) is 1.64. The molecule has 0 aliphatic rings. The molecule has 5 nitrogen and oxygen atoms in total. The molecule has 0 fully saturated rings. The summed E-state index contributed by atoms with van der Waals surface area (Å²) in [5.74, 6) is -1.03. The van der Waals surface area contributed by atoms with E-state index in [0.717, 1.165) is 0 Å². The number of benzene rings is 2. The second kappa shape index (κ2) is 6.95. The largest absolute Gasteiger partial charge is 0.478 e. The van der Waals surface area contributed by atoms with Crippen LogP contribution in [0.4, 0.5) is 0 Å². The number of halogens is 1. The lowest BCUT2D eigenvalue weighted by atomic mass is 10.2. The molecule has 0 aromatic heterocycles. The SMILES string of the molecule is CC(Oc1ccccc1Cl)C(=O)Oc1ccc(C(=O)O)cc1. The van der Waals surface area contributed by atoms with Crippen molar-refractivity contribution >= 4 is 23.5 Å². The number of carbonyl (C=O) groups excluding carboxylic acids is 1. The van der Waals surface area contributed by atoms with Crippen molar-refractivity contribution in [2.75, 3.05) is 0 Å². The number of esters is 1. The molecule has 0 aliphatic carbocycles. The van der Waals surface area contributed by atoms with Crippen molar-refractivity contribution in [3.05, 3.63) is 59.1 Å². The van der Waals surface area contributed by atoms with Gasteiger partial charge in [-0.05, 0) is 43.3 Å². The normalized spacial score (nSPS) is 11.5. The predicted octanol–water partition coefficient (Wildman–Crippen LogP) is 3.41. The standard InChI is InChI=1S/C16H13ClO5/c1-10(21-14-5-3-2-4-13(14)17)16(20)22-12-8-6-11(7-9-12)15(18)19/h2-10H,1H3,(H,18,19). The highest BCUT2D eigenvalue weighted by atomic mass is 35.5. The van der Waals surface area contributed by atoms with Gasteiger partial charge in [0.1, 0.15) is 11.5 Å². The molecule has 1 N–H and O–H groups in total. The van der Waals surface area contributed by atoms with Gasteiger partial charge in [-0.1, -0.05) is 23.7 Å². The summed E-state index contributed by atoms with van der Waals surface area (Å²) in [5.41, 5.74) is 0.111. The minimum Gasteiger partial charge on any atom is -0.478 e. The highest BCUT2D eigenvalue weighted by Gasteiger charge is 2.18. The van der Waals surface area contributed by atoms with Gasteiger partial charge in [-0.3, -0.25) is 0 Å². The number of hydrogen-bond donors (Lipinski definition) is 1. The van der Waals surface area contributed by atoms with Gasteiger partial charge < -0.3 is 14.6 Å². The fraction of sp³-hybridized carbons (Fsp3) is 0.125. The number of carbonyl (C=O) groups is 2. The molecule has 2 aromatic rings. The molecule has 6 heteroatoms. The maximum Gasteiger partial charge on any atom is 0.352 e. The van der Waals surface area contributed by atoms with E-state index < -0.39 is 18.0 Å². The highest BCUT2D eigenvalue weighted by Crippen LogP contribution is 2.24. The molecule has 2 rings (SSSR count). The van der Waals surface area contributed by atoms with Crippen molar-refractivity contribution in [1.82, 2.24) is 0 Å². The molecule has 0 bridgehead atoms. The Hall–Kier alpha value is -2.53. The number of carboxylic acid groups (broad SMARTS) is 1. The summed E-state index contributed by atoms with van der Waals surface area (Å²) in [6.07, 6.45) is -0.862. The minimum atomic E-state index is -1.05. The summed E-state index contributed by atoms with van der Waals surface area (Å²) in [4.78, 5) is 22.7. The third-order valence-electron chi connectivity index (χ3n) is 2.79. The Bertz CT molecular complexity index is 681. The molecule has 22 heavy (non-hydrogen) atoms. The van der Waals surface area contributed by atoms with Gasteiger partial charge in [-0.15, -0.1) is 0 Å². The summed E-state index contributed by atoms with van der Waals surface area (Å²) in [6, 6.07) is 12.3. The summed E-state index contributed by atoms with van der Waals surface area (Å²) in [7, 11) is 0. The molecule has 0 spiro atoms. The Morgan fingerprint density at radius 1 is 1.09 bits per heavy atom. The maximum atomic E-state index is 11.9. The number of para-hydroxylation sites is 1. The molecule has 0 saturated carbocycles. The zero-order valence-electron chi connectivity index (χ0n) is 11.7. The zero-order valence-corrected chi connectivity index (χ0v) is 12.4. The van der Waals surface area contributed by atoms with Crippen LogP contribution in [-0.2, 0) is 4.79 Å². The van der Waals surface area contributed by atoms with E-state index in [0.29, 0.717) is 10.8 Å². The molecule has 1 unspecified atom stereocenters. The van der Waals surface area contributed by atoms with E-state index in [1.165, 1.54) is 31.2 Å². The number of hydrogen-bond acceptors (Lipinski definition) is 4. The van der Waals surface area contributed by atoms with Crippen molar-refractivity contribution in [1.29, 1.82) is 0 Å². The number of ether oxygens (including phenoxy) is 2. The summed E-state index contributed by atoms with van der Waals surface area (Å²) < 4.78 is 10.6. The second-order valence-corrected chi connectivity index (χ2v) is 4.85. The molecule has 0 heterocycles. The summed E-state index contributed by atoms with van der Waals surface area (Å²) in [6.45, 7) is 1.54. The molecule has 2 aromatic carbocycles. The molecule has 0 aliphatic heterocycles. The van der Waals surface area contributed by atoms with Crippen LogP contribution in [0.3, 0.4) is 0 Å². The van der Waals surface area contributed by atoms with Crippen molar-refractivity contribution in [3.8, 4) is 11.5 Å². The average molecular weight is 321 g/mol. The Morgan fingerprint density at radius 3 is 2.32 bits per heavy atom. The minimum absolute atomic E-state index is 0.111. The van der Waals surface area contributed by atoms with Crippen LogP contribution >= 0.6 is 11.6 Å². The third kappa shape index (κ3) is 3.99. The fourth-order valence-corrected chi connectivity index (χ4v) is 1.82. The van der Waals surface area contributed by atoms with Gasteiger partial charge in [0.05, 0.1) is 10.6 Å². The van der Waals surface area contributed by atoms with Gasteiger partial charge in [-0.2, -0.15) is 0 Å². The predicted molar refractivity (Wildman–Crippen MR) is 80.6 cm³/mol. The number of aromatic carboxylic acids is 1. The van der Waals surface area contributed by atoms with Crippen LogP contribution in [0.2, 0.25) is 5.02 Å². The lowest BCUT2D eigenvalue weighted by Crippen LogP contribution is -2.28. The van der Waals surface area contributed by atoms with E-state index in [4.69, 9.17) is 26.2 Å². The van der Waals surface area contributed by atoms with Crippen LogP contribution in [0.15, 0.2) is 48.5 Å².